The van der Waals surface area contributed by atoms with Gasteiger partial charge in [-0.1, -0.05) is 0 Å². The summed E-state index contributed by atoms with van der Waals surface area (Å²) >= 11 is 0. The molecular formula is C11H19N5O. The lowest BCUT2D eigenvalue weighted by Gasteiger charge is -2.17. The third kappa shape index (κ3) is 3.26. The average Bonchev–Trinajstić information content (AvgIpc) is 2.90. The minimum atomic E-state index is 0.145. The first kappa shape index (κ1) is 12.0. The van der Waals surface area contributed by atoms with Crippen LogP contribution in [0.15, 0.2) is 0 Å². The van der Waals surface area contributed by atoms with Gasteiger partial charge in [0.05, 0.1) is 6.54 Å². The molecule has 0 bridgehead atoms. The molecule has 1 aromatic heterocycles. The number of carbonyl (C=O) groups excluding carboxylic acids is 1. The molecule has 1 aliphatic rings. The topological polar surface area (TPSA) is 73.9 Å². The summed E-state index contributed by atoms with van der Waals surface area (Å²) in [5.74, 6) is 1.59. The van der Waals surface area contributed by atoms with E-state index in [4.69, 9.17) is 0 Å². The molecule has 1 saturated heterocycles. The van der Waals surface area contributed by atoms with E-state index >= 15 is 0 Å². The van der Waals surface area contributed by atoms with Crippen LogP contribution in [-0.2, 0) is 11.3 Å². The van der Waals surface area contributed by atoms with Crippen LogP contribution in [0.25, 0.3) is 0 Å². The van der Waals surface area contributed by atoms with Gasteiger partial charge < -0.3 is 10.2 Å². The lowest BCUT2D eigenvalue weighted by atomic mass is 10.1. The van der Waals surface area contributed by atoms with Gasteiger partial charge in [-0.25, -0.2) is 4.98 Å². The highest BCUT2D eigenvalue weighted by atomic mass is 16.2. The molecule has 1 aliphatic heterocycles. The monoisotopic (exact) mass is 237 g/mol. The van der Waals surface area contributed by atoms with Gasteiger partial charge in [-0.15, -0.1) is 0 Å². The molecule has 0 spiro atoms. The van der Waals surface area contributed by atoms with Crippen molar-refractivity contribution in [2.24, 2.45) is 0 Å². The first-order chi connectivity index (χ1) is 8.15. The summed E-state index contributed by atoms with van der Waals surface area (Å²) in [5.41, 5.74) is 0. The van der Waals surface area contributed by atoms with Gasteiger partial charge in [-0.05, 0) is 26.3 Å². The number of nitrogens with one attached hydrogen (secondary N) is 2. The maximum absolute atomic E-state index is 11.9. The first-order valence-electron chi connectivity index (χ1n) is 6.00. The van der Waals surface area contributed by atoms with Gasteiger partial charge in [-0.2, -0.15) is 5.10 Å². The van der Waals surface area contributed by atoms with Gasteiger partial charge in [0, 0.05) is 19.5 Å². The lowest BCUT2D eigenvalue weighted by Crippen LogP contribution is -2.33. The van der Waals surface area contributed by atoms with Crippen molar-refractivity contribution in [1.82, 2.24) is 25.4 Å². The normalized spacial score (nSPS) is 19.5. The maximum atomic E-state index is 11.9. The quantitative estimate of drug-likeness (QED) is 0.785. The zero-order chi connectivity index (χ0) is 12.3. The Morgan fingerprint density at radius 1 is 1.59 bits per heavy atom. The molecule has 2 N–H and O–H groups in total. The summed E-state index contributed by atoms with van der Waals surface area (Å²) in [6.45, 7) is 3.35. The highest BCUT2D eigenvalue weighted by Crippen LogP contribution is 2.10. The van der Waals surface area contributed by atoms with Gasteiger partial charge in [0.25, 0.3) is 0 Å². The molecule has 1 aromatic rings. The van der Waals surface area contributed by atoms with Crippen molar-refractivity contribution in [2.45, 2.75) is 38.8 Å². The molecule has 1 fully saturated rings. The van der Waals surface area contributed by atoms with E-state index < -0.39 is 0 Å². The van der Waals surface area contributed by atoms with Gasteiger partial charge in [0.15, 0.2) is 5.82 Å². The molecule has 94 valence electrons. The smallest absolute Gasteiger partial charge is 0.224 e. The van der Waals surface area contributed by atoms with Crippen molar-refractivity contribution >= 4 is 5.91 Å². The van der Waals surface area contributed by atoms with Crippen molar-refractivity contribution in [1.29, 1.82) is 0 Å². The van der Waals surface area contributed by atoms with E-state index in [1.54, 1.807) is 11.9 Å². The second kappa shape index (κ2) is 5.27. The van der Waals surface area contributed by atoms with Crippen LogP contribution in [0.1, 0.15) is 30.9 Å². The number of nitrogens with zero attached hydrogens (tertiary/aromatic N) is 3. The number of aromatic amines is 1. The molecule has 0 radical (unpaired) electrons. The molecule has 2 rings (SSSR count). The molecule has 0 aliphatic carbocycles. The van der Waals surface area contributed by atoms with Crippen molar-refractivity contribution in [3.63, 3.8) is 0 Å². The lowest BCUT2D eigenvalue weighted by molar-refractivity contribution is -0.131. The number of rotatable bonds is 4. The Hall–Kier alpha value is -1.43. The summed E-state index contributed by atoms with van der Waals surface area (Å²) in [6, 6.07) is 0.346. The number of aromatic nitrogens is 3. The predicted octanol–water partition coefficient (Wildman–Crippen LogP) is 0.214. The molecule has 6 nitrogen and oxygen atoms in total. The highest BCUT2D eigenvalue weighted by Gasteiger charge is 2.20. The second-order valence-electron chi connectivity index (χ2n) is 4.58. The van der Waals surface area contributed by atoms with Crippen LogP contribution in [0.2, 0.25) is 0 Å². The molecule has 1 atom stereocenters. The minimum absolute atomic E-state index is 0.145. The van der Waals surface area contributed by atoms with Gasteiger partial charge in [-0.3, -0.25) is 9.89 Å². The Kier molecular flexibility index (Phi) is 3.73. The summed E-state index contributed by atoms with van der Waals surface area (Å²) in [6.07, 6.45) is 2.83. The zero-order valence-corrected chi connectivity index (χ0v) is 10.4. The van der Waals surface area contributed by atoms with E-state index in [0.29, 0.717) is 24.8 Å². The van der Waals surface area contributed by atoms with Crippen LogP contribution in [-0.4, -0.2) is 45.6 Å². The fourth-order valence-electron chi connectivity index (χ4n) is 2.06. The average molecular weight is 237 g/mol. The van der Waals surface area contributed by atoms with Crippen molar-refractivity contribution in [3.05, 3.63) is 11.6 Å². The van der Waals surface area contributed by atoms with Gasteiger partial charge >= 0.3 is 0 Å². The number of carbonyl (C=O) groups is 1. The van der Waals surface area contributed by atoms with Gasteiger partial charge in [0.2, 0.25) is 5.91 Å². The molecule has 1 unspecified atom stereocenters. The summed E-state index contributed by atoms with van der Waals surface area (Å²) in [7, 11) is 1.79. The molecular weight excluding hydrogens is 218 g/mol. The van der Waals surface area contributed by atoms with E-state index in [0.717, 1.165) is 18.8 Å². The molecule has 6 heteroatoms. The summed E-state index contributed by atoms with van der Waals surface area (Å²) in [4.78, 5) is 17.8. The molecule has 17 heavy (non-hydrogen) atoms. The number of amides is 1. The number of hydrogen-bond acceptors (Lipinski definition) is 4. The molecule has 0 saturated carbocycles. The third-order valence-electron chi connectivity index (χ3n) is 3.03. The van der Waals surface area contributed by atoms with Crippen LogP contribution < -0.4 is 5.32 Å². The second-order valence-corrected chi connectivity index (χ2v) is 4.58. The Bertz CT molecular complexity index is 383. The number of H-pyrrole nitrogens is 1. The fourth-order valence-corrected chi connectivity index (χ4v) is 2.06. The molecule has 1 amide bonds. The predicted molar refractivity (Wildman–Crippen MR) is 63.2 cm³/mol. The summed E-state index contributed by atoms with van der Waals surface area (Å²) < 4.78 is 0. The Morgan fingerprint density at radius 2 is 2.41 bits per heavy atom. The molecule has 2 heterocycles. The van der Waals surface area contributed by atoms with Crippen LogP contribution in [0.4, 0.5) is 0 Å². The van der Waals surface area contributed by atoms with E-state index in [-0.39, 0.29) is 5.91 Å². The van der Waals surface area contributed by atoms with E-state index in [2.05, 4.69) is 20.5 Å². The van der Waals surface area contributed by atoms with Gasteiger partial charge in [0.1, 0.15) is 5.82 Å². The van der Waals surface area contributed by atoms with Crippen molar-refractivity contribution in [2.75, 3.05) is 13.6 Å². The maximum Gasteiger partial charge on any atom is 0.224 e. The standard InChI is InChI=1S/C11H19N5O/c1-8-13-10(15-14-8)7-16(2)11(17)6-9-4-3-5-12-9/h9,12H,3-7H2,1-2H3,(H,13,14,15). The van der Waals surface area contributed by atoms with E-state index in [1.165, 1.54) is 6.42 Å². The third-order valence-corrected chi connectivity index (χ3v) is 3.03. The van der Waals surface area contributed by atoms with Crippen molar-refractivity contribution < 1.29 is 4.79 Å². The zero-order valence-electron chi connectivity index (χ0n) is 10.4. The first-order valence-corrected chi connectivity index (χ1v) is 6.00. The Balaban J connectivity index is 1.82. The van der Waals surface area contributed by atoms with E-state index in [1.807, 2.05) is 6.92 Å². The van der Waals surface area contributed by atoms with Crippen LogP contribution in [0.5, 0.6) is 0 Å². The largest absolute Gasteiger partial charge is 0.338 e. The van der Waals surface area contributed by atoms with Crippen LogP contribution in [0, 0.1) is 6.92 Å². The Morgan fingerprint density at radius 3 is 3.00 bits per heavy atom. The number of aryl methyl sites for hydroxylation is 1. The van der Waals surface area contributed by atoms with Crippen LogP contribution >= 0.6 is 0 Å². The minimum Gasteiger partial charge on any atom is -0.338 e. The molecule has 0 aromatic carbocycles. The van der Waals surface area contributed by atoms with Crippen LogP contribution in [0.3, 0.4) is 0 Å². The van der Waals surface area contributed by atoms with E-state index in [9.17, 15) is 4.79 Å². The number of hydrogen-bond donors (Lipinski definition) is 2. The Labute approximate surface area is 101 Å². The highest BCUT2D eigenvalue weighted by molar-refractivity contribution is 5.76. The summed E-state index contributed by atoms with van der Waals surface area (Å²) in [5, 5.41) is 10.1. The fraction of sp³-hybridized carbons (Fsp3) is 0.727. The van der Waals surface area contributed by atoms with Crippen molar-refractivity contribution in [3.8, 4) is 0 Å². The SMILES string of the molecule is Cc1nc(CN(C)C(=O)CC2CCCN2)n[nH]1.